The minimum absolute atomic E-state index is 0.179. The highest BCUT2D eigenvalue weighted by molar-refractivity contribution is 5.94. The number of rotatable bonds is 2. The van der Waals surface area contributed by atoms with Crippen LogP contribution in [0.15, 0.2) is 53.5 Å². The first kappa shape index (κ1) is 12.2. The molecule has 0 amide bonds. The molecule has 0 saturated heterocycles. The fourth-order valence-corrected chi connectivity index (χ4v) is 1.98. The van der Waals surface area contributed by atoms with Gasteiger partial charge < -0.3 is 15.2 Å². The van der Waals surface area contributed by atoms with Crippen LogP contribution in [0, 0.1) is 0 Å². The number of phenols is 1. The number of anilines is 1. The van der Waals surface area contributed by atoms with Crippen molar-refractivity contribution in [2.24, 2.45) is 4.99 Å². The van der Waals surface area contributed by atoms with E-state index in [0.717, 1.165) is 11.8 Å². The maximum absolute atomic E-state index is 11.1. The van der Waals surface area contributed by atoms with Gasteiger partial charge in [0.15, 0.2) is 12.4 Å². The van der Waals surface area contributed by atoms with E-state index < -0.39 is 6.10 Å². The summed E-state index contributed by atoms with van der Waals surface area (Å²) < 4.78 is 5.50. The van der Waals surface area contributed by atoms with Gasteiger partial charge in [-0.3, -0.25) is 4.79 Å². The average molecular weight is 268 g/mol. The predicted molar refractivity (Wildman–Crippen MR) is 75.2 cm³/mol. The lowest BCUT2D eigenvalue weighted by Crippen LogP contribution is -2.23. The number of hydrogen-bond donors (Lipinski definition) is 2. The monoisotopic (exact) mass is 268 g/mol. The minimum Gasteiger partial charge on any atom is -0.508 e. The number of benzene rings is 2. The van der Waals surface area contributed by atoms with Crippen molar-refractivity contribution in [3.63, 3.8) is 0 Å². The zero-order valence-electron chi connectivity index (χ0n) is 10.5. The fourth-order valence-electron chi connectivity index (χ4n) is 1.98. The Labute approximate surface area is 115 Å². The summed E-state index contributed by atoms with van der Waals surface area (Å²) in [6.45, 7) is 0. The molecule has 3 rings (SSSR count). The number of amidine groups is 1. The topological polar surface area (TPSA) is 70.9 Å². The van der Waals surface area contributed by atoms with Crippen LogP contribution < -0.4 is 5.32 Å². The number of ether oxygens (including phenoxy) is 1. The van der Waals surface area contributed by atoms with Gasteiger partial charge >= 0.3 is 0 Å². The number of hydrogen-bond acceptors (Lipinski definition) is 5. The number of nitrogens with zero attached hydrogens (tertiary/aromatic N) is 1. The molecule has 0 aromatic heterocycles. The first-order valence-corrected chi connectivity index (χ1v) is 6.12. The normalized spacial score (nSPS) is 16.6. The molecule has 2 aromatic carbocycles. The van der Waals surface area contributed by atoms with Crippen molar-refractivity contribution in [2.75, 3.05) is 5.32 Å². The maximum Gasteiger partial charge on any atom is 0.295 e. The van der Waals surface area contributed by atoms with Gasteiger partial charge in [-0.25, -0.2) is 0 Å². The van der Waals surface area contributed by atoms with Crippen LogP contribution in [0.4, 0.5) is 11.4 Å². The lowest BCUT2D eigenvalue weighted by atomic mass is 10.1. The van der Waals surface area contributed by atoms with Crippen molar-refractivity contribution >= 4 is 23.7 Å². The molecule has 5 heteroatoms. The summed E-state index contributed by atoms with van der Waals surface area (Å²) in [5.74, 6) is 0.179. The second-order valence-corrected chi connectivity index (χ2v) is 4.32. The molecule has 0 aliphatic carbocycles. The molecule has 0 bridgehead atoms. The third kappa shape index (κ3) is 2.33. The van der Waals surface area contributed by atoms with Crippen molar-refractivity contribution in [3.05, 3.63) is 54.1 Å². The van der Waals surface area contributed by atoms with Gasteiger partial charge in [-0.1, -0.05) is 18.2 Å². The second-order valence-electron chi connectivity index (χ2n) is 4.32. The van der Waals surface area contributed by atoms with Crippen LogP contribution in [0.25, 0.3) is 0 Å². The maximum atomic E-state index is 11.1. The number of aldehydes is 1. The fraction of sp³-hybridized carbons (Fsp3) is 0.0667. The summed E-state index contributed by atoms with van der Waals surface area (Å²) >= 11 is 0. The summed E-state index contributed by atoms with van der Waals surface area (Å²) in [5, 5.41) is 12.2. The number of para-hydroxylation sites is 1. The van der Waals surface area contributed by atoms with Gasteiger partial charge in [-0.05, 0) is 30.3 Å². The molecule has 0 radical (unpaired) electrons. The highest BCUT2D eigenvalue weighted by Gasteiger charge is 2.23. The van der Waals surface area contributed by atoms with Crippen LogP contribution in [-0.4, -0.2) is 17.4 Å². The SMILES string of the molecule is O=CC1OC(Nc2ccc(O)cc2)=Nc2ccccc21. The Morgan fingerprint density at radius 3 is 2.65 bits per heavy atom. The summed E-state index contributed by atoms with van der Waals surface area (Å²) in [6.07, 6.45) is 0.0785. The van der Waals surface area contributed by atoms with E-state index >= 15 is 0 Å². The van der Waals surface area contributed by atoms with Crippen LogP contribution in [-0.2, 0) is 9.53 Å². The number of carbonyl (C=O) groups excluding carboxylic acids is 1. The van der Waals surface area contributed by atoms with E-state index in [1.807, 2.05) is 24.3 Å². The van der Waals surface area contributed by atoms with E-state index in [1.165, 1.54) is 0 Å². The molecule has 1 atom stereocenters. The third-order valence-electron chi connectivity index (χ3n) is 2.95. The van der Waals surface area contributed by atoms with E-state index in [0.29, 0.717) is 11.4 Å². The van der Waals surface area contributed by atoms with Gasteiger partial charge in [0.25, 0.3) is 6.02 Å². The Hall–Kier alpha value is -2.82. The minimum atomic E-state index is -0.664. The summed E-state index contributed by atoms with van der Waals surface area (Å²) in [4.78, 5) is 15.4. The van der Waals surface area contributed by atoms with Crippen LogP contribution in [0.5, 0.6) is 5.75 Å². The van der Waals surface area contributed by atoms with E-state index in [4.69, 9.17) is 4.74 Å². The van der Waals surface area contributed by atoms with Gasteiger partial charge in [0.2, 0.25) is 0 Å². The lowest BCUT2D eigenvalue weighted by Gasteiger charge is -2.22. The molecule has 2 N–H and O–H groups in total. The number of nitrogens with one attached hydrogen (secondary N) is 1. The van der Waals surface area contributed by atoms with Gasteiger partial charge in [0.1, 0.15) is 5.75 Å². The Morgan fingerprint density at radius 1 is 1.15 bits per heavy atom. The Morgan fingerprint density at radius 2 is 1.90 bits per heavy atom. The predicted octanol–water partition coefficient (Wildman–Crippen LogP) is 2.76. The zero-order chi connectivity index (χ0) is 13.9. The van der Waals surface area contributed by atoms with Gasteiger partial charge in [-0.2, -0.15) is 4.99 Å². The first-order valence-electron chi connectivity index (χ1n) is 6.12. The van der Waals surface area contributed by atoms with Crippen LogP contribution in [0.1, 0.15) is 11.7 Å². The van der Waals surface area contributed by atoms with Crippen molar-refractivity contribution in [2.45, 2.75) is 6.10 Å². The second kappa shape index (κ2) is 5.05. The molecular formula is C15H12N2O3. The number of fused-ring (bicyclic) bond motifs is 1. The summed E-state index contributed by atoms with van der Waals surface area (Å²) in [5.41, 5.74) is 2.17. The number of phenolic OH excluding ortho intramolecular Hbond substituents is 1. The molecule has 2 aromatic rings. The van der Waals surface area contributed by atoms with Gasteiger partial charge in [-0.15, -0.1) is 0 Å². The highest BCUT2D eigenvalue weighted by Crippen LogP contribution is 2.31. The highest BCUT2D eigenvalue weighted by atomic mass is 16.5. The van der Waals surface area contributed by atoms with Crippen LogP contribution in [0.2, 0.25) is 0 Å². The van der Waals surface area contributed by atoms with E-state index in [1.54, 1.807) is 24.3 Å². The van der Waals surface area contributed by atoms with Crippen molar-refractivity contribution in [3.8, 4) is 5.75 Å². The van der Waals surface area contributed by atoms with Crippen molar-refractivity contribution < 1.29 is 14.6 Å². The van der Waals surface area contributed by atoms with Crippen LogP contribution >= 0.6 is 0 Å². The van der Waals surface area contributed by atoms with Gasteiger partial charge in [0, 0.05) is 11.3 Å². The molecule has 100 valence electrons. The van der Waals surface area contributed by atoms with E-state index in [2.05, 4.69) is 10.3 Å². The first-order chi connectivity index (χ1) is 9.76. The molecule has 5 nitrogen and oxygen atoms in total. The molecule has 1 aliphatic rings. The molecule has 0 saturated carbocycles. The third-order valence-corrected chi connectivity index (χ3v) is 2.95. The largest absolute Gasteiger partial charge is 0.508 e. The number of carbonyl (C=O) groups is 1. The zero-order valence-corrected chi connectivity index (χ0v) is 10.5. The van der Waals surface area contributed by atoms with Crippen molar-refractivity contribution in [1.29, 1.82) is 0 Å². The molecule has 1 unspecified atom stereocenters. The number of aromatic hydroxyl groups is 1. The smallest absolute Gasteiger partial charge is 0.295 e. The van der Waals surface area contributed by atoms with Crippen LogP contribution in [0.3, 0.4) is 0 Å². The Kier molecular flexibility index (Phi) is 3.09. The standard InChI is InChI=1S/C15H12N2O3/c18-9-14-12-3-1-2-4-13(12)17-15(20-14)16-10-5-7-11(19)8-6-10/h1-9,14,19H,(H,16,17). The summed E-state index contributed by atoms with van der Waals surface area (Å²) in [7, 11) is 0. The summed E-state index contributed by atoms with van der Waals surface area (Å²) in [6, 6.07) is 14.1. The molecule has 1 aliphatic heterocycles. The van der Waals surface area contributed by atoms with E-state index in [-0.39, 0.29) is 11.8 Å². The molecule has 20 heavy (non-hydrogen) atoms. The number of aliphatic imine (C=N–C) groups is 1. The Balaban J connectivity index is 1.90. The molecular weight excluding hydrogens is 256 g/mol. The molecule has 0 fully saturated rings. The molecule has 0 spiro atoms. The van der Waals surface area contributed by atoms with Crippen molar-refractivity contribution in [1.82, 2.24) is 0 Å². The Bertz CT molecular complexity index is 665. The lowest BCUT2D eigenvalue weighted by molar-refractivity contribution is -0.114. The quantitative estimate of drug-likeness (QED) is 0.649. The molecule has 1 heterocycles. The van der Waals surface area contributed by atoms with E-state index in [9.17, 15) is 9.90 Å². The average Bonchev–Trinajstić information content (AvgIpc) is 2.49. The van der Waals surface area contributed by atoms with Gasteiger partial charge in [0.05, 0.1) is 5.69 Å².